The van der Waals surface area contributed by atoms with E-state index in [0.717, 1.165) is 31.6 Å². The summed E-state index contributed by atoms with van der Waals surface area (Å²) in [7, 11) is 1.55. The summed E-state index contributed by atoms with van der Waals surface area (Å²) in [6.45, 7) is 3.97. The van der Waals surface area contributed by atoms with Crippen LogP contribution in [0.15, 0.2) is 53.3 Å². The van der Waals surface area contributed by atoms with E-state index in [1.54, 1.807) is 31.4 Å². The second-order valence-electron chi connectivity index (χ2n) is 7.95. The minimum absolute atomic E-state index is 0.115. The van der Waals surface area contributed by atoms with Gasteiger partial charge in [0, 0.05) is 24.5 Å². The monoisotopic (exact) mass is 434 g/mol. The maximum atomic E-state index is 13.0. The van der Waals surface area contributed by atoms with E-state index in [4.69, 9.17) is 14.9 Å². The Balaban J connectivity index is 1.59. The predicted molar refractivity (Wildman–Crippen MR) is 122 cm³/mol. The molecular weight excluding hydrogens is 408 g/mol. The van der Waals surface area contributed by atoms with Gasteiger partial charge in [-0.1, -0.05) is 19.1 Å². The molecule has 0 aliphatic carbocycles. The minimum atomic E-state index is -0.536. The SMILES string of the molecule is COc1ccccc1-c1ocnc1C(=O)Nc1ccc(N2CCC(C)CC2)c(C(N)=O)c1. The van der Waals surface area contributed by atoms with Crippen molar-refractivity contribution in [3.63, 3.8) is 0 Å². The lowest BCUT2D eigenvalue weighted by Crippen LogP contribution is -2.34. The van der Waals surface area contributed by atoms with Crippen molar-refractivity contribution in [2.24, 2.45) is 11.7 Å². The number of nitrogens with zero attached hydrogens (tertiary/aromatic N) is 2. The Morgan fingerprint density at radius 1 is 1.19 bits per heavy atom. The number of ether oxygens (including phenoxy) is 1. The number of rotatable bonds is 6. The highest BCUT2D eigenvalue weighted by atomic mass is 16.5. The molecule has 166 valence electrons. The third-order valence-electron chi connectivity index (χ3n) is 5.78. The van der Waals surface area contributed by atoms with Crippen molar-refractivity contribution < 1.29 is 18.7 Å². The van der Waals surface area contributed by atoms with Crippen LogP contribution in [0.25, 0.3) is 11.3 Å². The van der Waals surface area contributed by atoms with Crippen LogP contribution in [0.3, 0.4) is 0 Å². The number of piperidine rings is 1. The van der Waals surface area contributed by atoms with Gasteiger partial charge in [0.2, 0.25) is 0 Å². The van der Waals surface area contributed by atoms with Crippen LogP contribution in [-0.4, -0.2) is 37.0 Å². The van der Waals surface area contributed by atoms with Crippen LogP contribution in [-0.2, 0) is 0 Å². The Morgan fingerprint density at radius 3 is 2.66 bits per heavy atom. The van der Waals surface area contributed by atoms with E-state index in [0.29, 0.717) is 34.2 Å². The van der Waals surface area contributed by atoms with E-state index in [1.807, 2.05) is 18.2 Å². The lowest BCUT2D eigenvalue weighted by Gasteiger charge is -2.33. The molecule has 4 rings (SSSR count). The molecule has 1 saturated heterocycles. The summed E-state index contributed by atoms with van der Waals surface area (Å²) >= 11 is 0. The molecule has 0 atom stereocenters. The van der Waals surface area contributed by atoms with Crippen molar-refractivity contribution in [2.45, 2.75) is 19.8 Å². The Morgan fingerprint density at radius 2 is 1.94 bits per heavy atom. The zero-order valence-corrected chi connectivity index (χ0v) is 18.1. The quantitative estimate of drug-likeness (QED) is 0.608. The second kappa shape index (κ2) is 9.13. The van der Waals surface area contributed by atoms with Gasteiger partial charge in [-0.05, 0) is 49.1 Å². The van der Waals surface area contributed by atoms with Crippen LogP contribution < -0.4 is 20.7 Å². The second-order valence-corrected chi connectivity index (χ2v) is 7.95. The number of benzene rings is 2. The molecule has 1 aliphatic rings. The standard InChI is InChI=1S/C24H26N4O4/c1-15-9-11-28(12-10-15)19-8-7-16(13-18(19)23(25)29)27-24(30)21-22(32-14-26-21)17-5-3-4-6-20(17)31-2/h3-8,13-15H,9-12H2,1-2H3,(H2,25,29)(H,27,30). The Hall–Kier alpha value is -3.81. The average molecular weight is 434 g/mol. The largest absolute Gasteiger partial charge is 0.496 e. The Labute approximate surface area is 186 Å². The molecule has 0 spiro atoms. The van der Waals surface area contributed by atoms with Gasteiger partial charge in [0.25, 0.3) is 11.8 Å². The van der Waals surface area contributed by atoms with Crippen molar-refractivity contribution in [3.05, 3.63) is 60.1 Å². The first-order valence-electron chi connectivity index (χ1n) is 10.5. The fraction of sp³-hybridized carbons (Fsp3) is 0.292. The fourth-order valence-corrected chi connectivity index (χ4v) is 3.96. The molecule has 2 heterocycles. The number of carbonyl (C=O) groups excluding carboxylic acids is 2. The number of nitrogens with two attached hydrogens (primary N) is 1. The number of oxazole rings is 1. The van der Waals surface area contributed by atoms with E-state index >= 15 is 0 Å². The number of carbonyl (C=O) groups is 2. The molecule has 1 aromatic heterocycles. The average Bonchev–Trinajstić information content (AvgIpc) is 3.29. The first-order chi connectivity index (χ1) is 15.5. The van der Waals surface area contributed by atoms with E-state index < -0.39 is 11.8 Å². The van der Waals surface area contributed by atoms with Crippen LogP contribution in [0.1, 0.15) is 40.6 Å². The van der Waals surface area contributed by atoms with Gasteiger partial charge in [-0.25, -0.2) is 4.98 Å². The van der Waals surface area contributed by atoms with Gasteiger partial charge in [-0.2, -0.15) is 0 Å². The number of nitrogens with one attached hydrogen (secondary N) is 1. The van der Waals surface area contributed by atoms with Crippen LogP contribution in [0.4, 0.5) is 11.4 Å². The fourth-order valence-electron chi connectivity index (χ4n) is 3.96. The van der Waals surface area contributed by atoms with Crippen molar-refractivity contribution in [1.82, 2.24) is 4.98 Å². The first-order valence-corrected chi connectivity index (χ1v) is 10.5. The van der Waals surface area contributed by atoms with Crippen molar-refractivity contribution >= 4 is 23.2 Å². The van der Waals surface area contributed by atoms with Crippen LogP contribution in [0, 0.1) is 5.92 Å². The number of methoxy groups -OCH3 is 1. The third kappa shape index (κ3) is 4.30. The molecule has 8 nitrogen and oxygen atoms in total. The van der Waals surface area contributed by atoms with Crippen molar-refractivity contribution in [3.8, 4) is 17.1 Å². The predicted octanol–water partition coefficient (Wildman–Crippen LogP) is 3.94. The number of primary amides is 1. The smallest absolute Gasteiger partial charge is 0.278 e. The van der Waals surface area contributed by atoms with Gasteiger partial charge in [-0.15, -0.1) is 0 Å². The summed E-state index contributed by atoms with van der Waals surface area (Å²) in [6.07, 6.45) is 3.34. The molecule has 2 aromatic carbocycles. The third-order valence-corrected chi connectivity index (χ3v) is 5.78. The van der Waals surface area contributed by atoms with E-state index in [1.165, 1.54) is 6.39 Å². The number of para-hydroxylation sites is 1. The maximum Gasteiger partial charge on any atom is 0.278 e. The van der Waals surface area contributed by atoms with Crippen LogP contribution in [0.2, 0.25) is 0 Å². The number of hydrogen-bond acceptors (Lipinski definition) is 6. The highest BCUT2D eigenvalue weighted by Crippen LogP contribution is 2.33. The zero-order chi connectivity index (χ0) is 22.7. The molecule has 0 bridgehead atoms. The number of aromatic nitrogens is 1. The zero-order valence-electron chi connectivity index (χ0n) is 18.1. The lowest BCUT2D eigenvalue weighted by atomic mass is 9.98. The molecule has 0 radical (unpaired) electrons. The molecule has 0 saturated carbocycles. The van der Waals surface area contributed by atoms with Crippen LogP contribution in [0.5, 0.6) is 5.75 Å². The van der Waals surface area contributed by atoms with E-state index in [2.05, 4.69) is 22.1 Å². The van der Waals surface area contributed by atoms with E-state index in [-0.39, 0.29) is 5.69 Å². The molecule has 2 amide bonds. The molecule has 3 aromatic rings. The van der Waals surface area contributed by atoms with E-state index in [9.17, 15) is 9.59 Å². The van der Waals surface area contributed by atoms with Crippen molar-refractivity contribution in [2.75, 3.05) is 30.4 Å². The van der Waals surface area contributed by atoms with Crippen LogP contribution >= 0.6 is 0 Å². The topological polar surface area (TPSA) is 111 Å². The minimum Gasteiger partial charge on any atom is -0.496 e. The molecule has 3 N–H and O–H groups in total. The summed E-state index contributed by atoms with van der Waals surface area (Å²) in [6, 6.07) is 12.4. The van der Waals surface area contributed by atoms with Gasteiger partial charge in [0.05, 0.1) is 18.2 Å². The molecule has 0 unspecified atom stereocenters. The molecule has 1 fully saturated rings. The highest BCUT2D eigenvalue weighted by Gasteiger charge is 2.23. The summed E-state index contributed by atoms with van der Waals surface area (Å²) in [5, 5.41) is 2.80. The normalized spacial score (nSPS) is 14.2. The van der Waals surface area contributed by atoms with Gasteiger partial charge < -0.3 is 25.1 Å². The molecular formula is C24H26N4O4. The van der Waals surface area contributed by atoms with Gasteiger partial charge >= 0.3 is 0 Å². The van der Waals surface area contributed by atoms with Crippen molar-refractivity contribution in [1.29, 1.82) is 0 Å². The summed E-state index contributed by atoms with van der Waals surface area (Å²) in [5.41, 5.74) is 8.00. The number of anilines is 2. The highest BCUT2D eigenvalue weighted by molar-refractivity contribution is 6.08. The number of amides is 2. The Kier molecular flexibility index (Phi) is 6.11. The number of hydrogen-bond donors (Lipinski definition) is 2. The summed E-state index contributed by atoms with van der Waals surface area (Å²) in [4.78, 5) is 31.4. The molecule has 32 heavy (non-hydrogen) atoms. The first kappa shape index (κ1) is 21.4. The van der Waals surface area contributed by atoms with Gasteiger partial charge in [0.15, 0.2) is 17.8 Å². The summed E-state index contributed by atoms with van der Waals surface area (Å²) in [5.74, 6) is 0.533. The molecule has 1 aliphatic heterocycles. The Bertz CT molecular complexity index is 1130. The molecule has 8 heteroatoms. The summed E-state index contributed by atoms with van der Waals surface area (Å²) < 4.78 is 10.9. The van der Waals surface area contributed by atoms with Gasteiger partial charge in [0.1, 0.15) is 5.75 Å². The van der Waals surface area contributed by atoms with Gasteiger partial charge in [-0.3, -0.25) is 9.59 Å². The maximum absolute atomic E-state index is 13.0. The lowest BCUT2D eigenvalue weighted by molar-refractivity contribution is 0.0996.